The van der Waals surface area contributed by atoms with Crippen molar-refractivity contribution in [2.75, 3.05) is 7.05 Å². The van der Waals surface area contributed by atoms with Crippen LogP contribution in [0.25, 0.3) is 0 Å². The Bertz CT molecular complexity index is 454. The van der Waals surface area contributed by atoms with Crippen LogP contribution in [-0.2, 0) is 16.1 Å². The van der Waals surface area contributed by atoms with Crippen LogP contribution in [0, 0.1) is 13.8 Å². The Balaban J connectivity index is 2.58. The van der Waals surface area contributed by atoms with Crippen molar-refractivity contribution < 1.29 is 14.7 Å². The van der Waals surface area contributed by atoms with E-state index in [0.717, 1.165) is 5.56 Å². The summed E-state index contributed by atoms with van der Waals surface area (Å²) in [7, 11) is 1.69. The topological polar surface area (TPSA) is 57.6 Å². The molecule has 18 heavy (non-hydrogen) atoms. The van der Waals surface area contributed by atoms with E-state index >= 15 is 0 Å². The molecule has 0 fully saturated rings. The number of carboxylic acid groups (broad SMARTS) is 1. The maximum atomic E-state index is 11.7. The van der Waals surface area contributed by atoms with E-state index in [-0.39, 0.29) is 18.7 Å². The Labute approximate surface area is 107 Å². The first kappa shape index (κ1) is 14.2. The van der Waals surface area contributed by atoms with Crippen LogP contribution in [0.3, 0.4) is 0 Å². The van der Waals surface area contributed by atoms with E-state index in [0.29, 0.717) is 6.54 Å². The Morgan fingerprint density at radius 2 is 1.83 bits per heavy atom. The zero-order valence-electron chi connectivity index (χ0n) is 11.1. The molecule has 0 radical (unpaired) electrons. The molecule has 0 aromatic heterocycles. The van der Waals surface area contributed by atoms with Crippen molar-refractivity contribution >= 4 is 11.9 Å². The summed E-state index contributed by atoms with van der Waals surface area (Å²) >= 11 is 0. The molecule has 98 valence electrons. The predicted molar refractivity (Wildman–Crippen MR) is 69.3 cm³/mol. The lowest BCUT2D eigenvalue weighted by Gasteiger charge is -2.17. The van der Waals surface area contributed by atoms with Crippen LogP contribution < -0.4 is 0 Å². The van der Waals surface area contributed by atoms with Gasteiger partial charge in [-0.05, 0) is 30.5 Å². The highest BCUT2D eigenvalue weighted by molar-refractivity contribution is 5.80. The van der Waals surface area contributed by atoms with Gasteiger partial charge in [-0.25, -0.2) is 0 Å². The number of carboxylic acids is 1. The van der Waals surface area contributed by atoms with Crippen LogP contribution >= 0.6 is 0 Å². The molecule has 4 heteroatoms. The maximum Gasteiger partial charge on any atom is 0.303 e. The van der Waals surface area contributed by atoms with Gasteiger partial charge in [-0.15, -0.1) is 0 Å². The second kappa shape index (κ2) is 6.19. The second-order valence-electron chi connectivity index (χ2n) is 4.56. The van der Waals surface area contributed by atoms with Gasteiger partial charge in [0.15, 0.2) is 0 Å². The summed E-state index contributed by atoms with van der Waals surface area (Å²) in [6.45, 7) is 4.59. The first-order valence-corrected chi connectivity index (χ1v) is 5.92. The van der Waals surface area contributed by atoms with Crippen molar-refractivity contribution in [3.05, 3.63) is 34.9 Å². The van der Waals surface area contributed by atoms with Gasteiger partial charge < -0.3 is 10.0 Å². The number of amides is 1. The number of carbonyl (C=O) groups is 2. The molecular formula is C14H19NO3. The van der Waals surface area contributed by atoms with Gasteiger partial charge in [-0.3, -0.25) is 9.59 Å². The van der Waals surface area contributed by atoms with Crippen molar-refractivity contribution in [3.8, 4) is 0 Å². The second-order valence-corrected chi connectivity index (χ2v) is 4.56. The fourth-order valence-corrected chi connectivity index (χ4v) is 1.67. The van der Waals surface area contributed by atoms with E-state index < -0.39 is 5.97 Å². The Morgan fingerprint density at radius 3 is 2.39 bits per heavy atom. The van der Waals surface area contributed by atoms with Gasteiger partial charge in [-0.1, -0.05) is 18.2 Å². The van der Waals surface area contributed by atoms with Crippen LogP contribution in [-0.4, -0.2) is 28.9 Å². The van der Waals surface area contributed by atoms with Gasteiger partial charge in [0.05, 0.1) is 6.42 Å². The number of aliphatic carboxylic acids is 1. The van der Waals surface area contributed by atoms with Gasteiger partial charge in [0.25, 0.3) is 0 Å². The molecule has 0 heterocycles. The molecule has 0 aliphatic heterocycles. The van der Waals surface area contributed by atoms with E-state index in [1.54, 1.807) is 11.9 Å². The summed E-state index contributed by atoms with van der Waals surface area (Å²) in [6, 6.07) is 6.07. The lowest BCUT2D eigenvalue weighted by molar-refractivity contribution is -0.140. The third-order valence-electron chi connectivity index (χ3n) is 2.97. The summed E-state index contributed by atoms with van der Waals surface area (Å²) in [5.74, 6) is -1.08. The smallest absolute Gasteiger partial charge is 0.303 e. The quantitative estimate of drug-likeness (QED) is 0.869. The van der Waals surface area contributed by atoms with Crippen molar-refractivity contribution in [2.24, 2.45) is 0 Å². The third-order valence-corrected chi connectivity index (χ3v) is 2.97. The van der Waals surface area contributed by atoms with Gasteiger partial charge in [0, 0.05) is 20.0 Å². The molecular weight excluding hydrogens is 230 g/mol. The standard InChI is InChI=1S/C14H19NO3/c1-10-4-5-12(8-11(10)2)9-15(3)13(16)6-7-14(17)18/h4-5,8H,6-7,9H2,1-3H3,(H,17,18). The normalized spacial score (nSPS) is 10.2. The summed E-state index contributed by atoms with van der Waals surface area (Å²) in [5, 5.41) is 8.53. The number of hydrogen-bond donors (Lipinski definition) is 1. The van der Waals surface area contributed by atoms with E-state index in [1.165, 1.54) is 11.1 Å². The largest absolute Gasteiger partial charge is 0.481 e. The van der Waals surface area contributed by atoms with Crippen molar-refractivity contribution in [1.29, 1.82) is 0 Å². The monoisotopic (exact) mass is 249 g/mol. The fraction of sp³-hybridized carbons (Fsp3) is 0.429. The highest BCUT2D eigenvalue weighted by atomic mass is 16.4. The molecule has 1 aromatic rings. The molecule has 0 unspecified atom stereocenters. The molecule has 1 amide bonds. The molecule has 0 bridgehead atoms. The molecule has 0 aliphatic rings. The first-order chi connectivity index (χ1) is 8.40. The SMILES string of the molecule is Cc1ccc(CN(C)C(=O)CCC(=O)O)cc1C. The number of hydrogen-bond acceptors (Lipinski definition) is 2. The van der Waals surface area contributed by atoms with E-state index in [2.05, 4.69) is 6.07 Å². The summed E-state index contributed by atoms with van der Waals surface area (Å²) < 4.78 is 0. The van der Waals surface area contributed by atoms with Crippen LogP contribution in [0.15, 0.2) is 18.2 Å². The van der Waals surface area contributed by atoms with Crippen molar-refractivity contribution in [3.63, 3.8) is 0 Å². The van der Waals surface area contributed by atoms with Gasteiger partial charge in [0.1, 0.15) is 0 Å². The lowest BCUT2D eigenvalue weighted by Crippen LogP contribution is -2.26. The number of rotatable bonds is 5. The fourth-order valence-electron chi connectivity index (χ4n) is 1.67. The lowest BCUT2D eigenvalue weighted by atomic mass is 10.1. The number of carbonyl (C=O) groups excluding carboxylic acids is 1. The molecule has 4 nitrogen and oxygen atoms in total. The molecule has 1 aromatic carbocycles. The predicted octanol–water partition coefficient (Wildman–Crippen LogP) is 2.13. The summed E-state index contributed by atoms with van der Waals surface area (Å²) in [4.78, 5) is 23.6. The number of aryl methyl sites for hydroxylation is 2. The average molecular weight is 249 g/mol. The molecule has 0 saturated carbocycles. The summed E-state index contributed by atoms with van der Waals surface area (Å²) in [6.07, 6.45) is -0.0627. The number of nitrogens with zero attached hydrogens (tertiary/aromatic N) is 1. The Kier molecular flexibility index (Phi) is 4.89. The highest BCUT2D eigenvalue weighted by Crippen LogP contribution is 2.12. The zero-order chi connectivity index (χ0) is 13.7. The minimum Gasteiger partial charge on any atom is -0.481 e. The van der Waals surface area contributed by atoms with Crippen LogP contribution in [0.5, 0.6) is 0 Å². The highest BCUT2D eigenvalue weighted by Gasteiger charge is 2.11. The molecule has 0 aliphatic carbocycles. The van der Waals surface area contributed by atoms with Crippen molar-refractivity contribution in [1.82, 2.24) is 4.90 Å². The Morgan fingerprint density at radius 1 is 1.17 bits per heavy atom. The summed E-state index contributed by atoms with van der Waals surface area (Å²) in [5.41, 5.74) is 3.47. The molecule has 1 N–H and O–H groups in total. The van der Waals surface area contributed by atoms with Gasteiger partial charge in [-0.2, -0.15) is 0 Å². The molecule has 0 atom stereocenters. The van der Waals surface area contributed by atoms with E-state index in [4.69, 9.17) is 5.11 Å². The molecule has 0 spiro atoms. The molecule has 0 saturated heterocycles. The van der Waals surface area contributed by atoms with Crippen LogP contribution in [0.1, 0.15) is 29.5 Å². The minimum absolute atomic E-state index is 0.0523. The molecule has 1 rings (SSSR count). The first-order valence-electron chi connectivity index (χ1n) is 5.92. The van der Waals surface area contributed by atoms with Crippen LogP contribution in [0.4, 0.5) is 0 Å². The third kappa shape index (κ3) is 4.20. The van der Waals surface area contributed by atoms with E-state index in [1.807, 2.05) is 26.0 Å². The van der Waals surface area contributed by atoms with Crippen molar-refractivity contribution in [2.45, 2.75) is 33.2 Å². The van der Waals surface area contributed by atoms with Crippen LogP contribution in [0.2, 0.25) is 0 Å². The maximum absolute atomic E-state index is 11.7. The van der Waals surface area contributed by atoms with E-state index in [9.17, 15) is 9.59 Å². The van der Waals surface area contributed by atoms with Gasteiger partial charge >= 0.3 is 5.97 Å². The number of benzene rings is 1. The zero-order valence-corrected chi connectivity index (χ0v) is 11.1. The minimum atomic E-state index is -0.942. The average Bonchev–Trinajstić information content (AvgIpc) is 2.30. The van der Waals surface area contributed by atoms with Gasteiger partial charge in [0.2, 0.25) is 5.91 Å². The Hall–Kier alpha value is -1.84.